The Morgan fingerprint density at radius 3 is 1.72 bits per heavy atom. The molecule has 1 aromatic rings. The number of Topliss-reactive ketones (excluding diaryl/α,β-unsaturated/α-hetero) is 1. The second-order valence-electron chi connectivity index (χ2n) is 10.4. The summed E-state index contributed by atoms with van der Waals surface area (Å²) >= 11 is 0. The van der Waals surface area contributed by atoms with Gasteiger partial charge in [0.1, 0.15) is 5.78 Å². The Morgan fingerprint density at radius 2 is 1.21 bits per heavy atom. The predicted octanol–water partition coefficient (Wildman–Crippen LogP) is 1.58. The molecule has 0 fully saturated rings. The van der Waals surface area contributed by atoms with Crippen LogP contribution in [0.15, 0.2) is 18.2 Å². The maximum atomic E-state index is 12.4. The summed E-state index contributed by atoms with van der Waals surface area (Å²) in [6.45, 7) is 4.87. The fourth-order valence-corrected chi connectivity index (χ4v) is 4.58. The predicted molar refractivity (Wildman–Crippen MR) is 156 cm³/mol. The van der Waals surface area contributed by atoms with Gasteiger partial charge < -0.3 is 30.7 Å². The van der Waals surface area contributed by atoms with Crippen molar-refractivity contribution in [2.75, 3.05) is 13.1 Å². The number of rotatable bonds is 22. The van der Waals surface area contributed by atoms with E-state index in [1.54, 1.807) is 6.92 Å². The summed E-state index contributed by atoms with van der Waals surface area (Å²) < 4.78 is 0. The Hall–Kier alpha value is -2.20. The second-order valence-corrected chi connectivity index (χ2v) is 10.4. The quantitative estimate of drug-likeness (QED) is 0.0953. The second kappa shape index (κ2) is 20.7. The molecule has 0 unspecified atom stereocenters. The van der Waals surface area contributed by atoms with Crippen molar-refractivity contribution in [3.05, 3.63) is 23.8 Å². The molecule has 6 N–H and O–H groups in total. The van der Waals surface area contributed by atoms with Crippen LogP contribution in [0.4, 0.5) is 0 Å². The van der Waals surface area contributed by atoms with Gasteiger partial charge in [-0.2, -0.15) is 0 Å². The fraction of sp³-hybridized carbons (Fsp3) is 0.679. The molecule has 218 valence electrons. The third-order valence-corrected chi connectivity index (χ3v) is 7.07. The molecule has 2 amide bonds. The highest BCUT2D eigenvalue weighted by atomic mass is 16.4. The lowest BCUT2D eigenvalue weighted by Gasteiger charge is -2.11. The highest BCUT2D eigenvalue weighted by Crippen LogP contribution is 2.13. The maximum Gasteiger partial charge on any atom is 0.488 e. The number of carbonyl (C=O) groups is 3. The molecule has 39 heavy (non-hydrogen) atoms. The number of hydrogen-bond donors (Lipinski definition) is 6. The molecule has 0 radical (unpaired) electrons. The van der Waals surface area contributed by atoms with Gasteiger partial charge in [0.2, 0.25) is 5.91 Å². The van der Waals surface area contributed by atoms with Crippen molar-refractivity contribution in [2.24, 2.45) is 5.92 Å². The van der Waals surface area contributed by atoms with Crippen LogP contribution in [-0.4, -0.2) is 65.0 Å². The van der Waals surface area contributed by atoms with Gasteiger partial charge in [-0.3, -0.25) is 14.4 Å². The lowest BCUT2D eigenvalue weighted by Crippen LogP contribution is -2.40. The molecule has 1 rings (SSSR count). The summed E-state index contributed by atoms with van der Waals surface area (Å²) in [5, 5.41) is 43.2. The third kappa shape index (κ3) is 15.8. The van der Waals surface area contributed by atoms with Crippen LogP contribution in [0.3, 0.4) is 0 Å². The molecule has 0 bridgehead atoms. The first-order valence-corrected chi connectivity index (χ1v) is 14.6. The molecule has 0 saturated heterocycles. The SMILES string of the molecule is CC[C@@H](CCCCNC(=O)CCCCCCCCCCCNC(=O)c1cc(B(O)O)cc(B(O)O)c1)C(C)=O. The van der Waals surface area contributed by atoms with Crippen LogP contribution in [0.5, 0.6) is 0 Å². The van der Waals surface area contributed by atoms with Crippen molar-refractivity contribution < 1.29 is 34.5 Å². The van der Waals surface area contributed by atoms with E-state index >= 15 is 0 Å². The van der Waals surface area contributed by atoms with Crippen molar-refractivity contribution in [3.8, 4) is 0 Å². The van der Waals surface area contributed by atoms with E-state index in [0.29, 0.717) is 19.5 Å². The zero-order chi connectivity index (χ0) is 29.0. The first-order valence-electron chi connectivity index (χ1n) is 14.6. The molecule has 0 heterocycles. The van der Waals surface area contributed by atoms with Gasteiger partial charge in [-0.25, -0.2) is 0 Å². The van der Waals surface area contributed by atoms with Crippen molar-refractivity contribution >= 4 is 42.8 Å². The molecule has 1 aromatic carbocycles. The van der Waals surface area contributed by atoms with E-state index in [9.17, 15) is 34.5 Å². The van der Waals surface area contributed by atoms with Gasteiger partial charge in [0.25, 0.3) is 5.91 Å². The largest absolute Gasteiger partial charge is 0.488 e. The normalized spacial score (nSPS) is 11.6. The number of unbranched alkanes of at least 4 members (excludes halogenated alkanes) is 9. The molecule has 0 aliphatic carbocycles. The smallest absolute Gasteiger partial charge is 0.423 e. The average Bonchev–Trinajstić information content (AvgIpc) is 2.90. The summed E-state index contributed by atoms with van der Waals surface area (Å²) in [5.74, 6) is 0.136. The molecule has 0 aliphatic heterocycles. The van der Waals surface area contributed by atoms with Crippen molar-refractivity contribution in [2.45, 2.75) is 104 Å². The standard InChI is InChI=1S/C28H48B2N2O7/c1-3-23(22(2)33)15-12-14-17-31-27(34)16-11-9-7-5-4-6-8-10-13-18-32-28(35)24-19-25(29(36)37)21-26(20-24)30(38)39/h19-21,23,36-39H,3-18H2,1-2H3,(H,31,34)(H,32,35)/t23-/m0/s1. The van der Waals surface area contributed by atoms with Gasteiger partial charge in [-0.15, -0.1) is 0 Å². The van der Waals surface area contributed by atoms with Gasteiger partial charge in [-0.1, -0.05) is 64.4 Å². The van der Waals surface area contributed by atoms with E-state index in [0.717, 1.165) is 83.5 Å². The summed E-state index contributed by atoms with van der Waals surface area (Å²) in [7, 11) is -3.62. The maximum absolute atomic E-state index is 12.4. The topological polar surface area (TPSA) is 156 Å². The van der Waals surface area contributed by atoms with Crippen molar-refractivity contribution in [1.29, 1.82) is 0 Å². The minimum atomic E-state index is -1.81. The van der Waals surface area contributed by atoms with Crippen LogP contribution in [0, 0.1) is 5.92 Å². The number of carbonyl (C=O) groups excluding carboxylic acids is 3. The Bertz CT molecular complexity index is 842. The zero-order valence-corrected chi connectivity index (χ0v) is 23.8. The Balaban J connectivity index is 2.01. The molecule has 0 saturated carbocycles. The first kappa shape index (κ1) is 34.8. The van der Waals surface area contributed by atoms with Crippen LogP contribution in [0.25, 0.3) is 0 Å². The first-order chi connectivity index (χ1) is 18.6. The minimum absolute atomic E-state index is 0.0210. The fourth-order valence-electron chi connectivity index (χ4n) is 4.58. The van der Waals surface area contributed by atoms with E-state index in [1.165, 1.54) is 18.2 Å². The molecule has 11 heteroatoms. The molecular formula is C28H48B2N2O7. The summed E-state index contributed by atoms with van der Waals surface area (Å²) in [4.78, 5) is 35.7. The molecular weight excluding hydrogens is 498 g/mol. The number of hydrogen-bond acceptors (Lipinski definition) is 7. The summed E-state index contributed by atoms with van der Waals surface area (Å²) in [5.41, 5.74) is 0.188. The van der Waals surface area contributed by atoms with E-state index in [2.05, 4.69) is 10.6 Å². The van der Waals surface area contributed by atoms with Crippen LogP contribution in [0.1, 0.15) is 114 Å². The van der Waals surface area contributed by atoms with Crippen molar-refractivity contribution in [3.63, 3.8) is 0 Å². The van der Waals surface area contributed by atoms with Crippen LogP contribution in [-0.2, 0) is 9.59 Å². The highest BCUT2D eigenvalue weighted by molar-refractivity contribution is 6.62. The van der Waals surface area contributed by atoms with Crippen molar-refractivity contribution in [1.82, 2.24) is 10.6 Å². The molecule has 0 aliphatic rings. The number of amides is 2. The molecule has 1 atom stereocenters. The zero-order valence-electron chi connectivity index (χ0n) is 23.8. The molecule has 0 spiro atoms. The van der Waals surface area contributed by atoms with Crippen LogP contribution < -0.4 is 21.6 Å². The minimum Gasteiger partial charge on any atom is -0.423 e. The Labute approximate surface area is 234 Å². The van der Waals surface area contributed by atoms with E-state index in [4.69, 9.17) is 0 Å². The van der Waals surface area contributed by atoms with Gasteiger partial charge in [0.05, 0.1) is 0 Å². The van der Waals surface area contributed by atoms with Gasteiger partial charge in [0.15, 0.2) is 0 Å². The number of nitrogens with one attached hydrogen (secondary N) is 2. The van der Waals surface area contributed by atoms with E-state index in [1.807, 2.05) is 6.92 Å². The average molecular weight is 546 g/mol. The monoisotopic (exact) mass is 546 g/mol. The summed E-state index contributed by atoms with van der Waals surface area (Å²) in [6, 6.07) is 3.87. The Kier molecular flexibility index (Phi) is 18.5. The van der Waals surface area contributed by atoms with Gasteiger partial charge >= 0.3 is 14.2 Å². The third-order valence-electron chi connectivity index (χ3n) is 7.07. The van der Waals surface area contributed by atoms with E-state index < -0.39 is 20.1 Å². The highest BCUT2D eigenvalue weighted by Gasteiger charge is 2.20. The van der Waals surface area contributed by atoms with E-state index in [-0.39, 0.29) is 34.1 Å². The van der Waals surface area contributed by atoms with Gasteiger partial charge in [0, 0.05) is 31.0 Å². The lowest BCUT2D eigenvalue weighted by molar-refractivity contribution is -0.122. The van der Waals surface area contributed by atoms with Crippen LogP contribution >= 0.6 is 0 Å². The number of benzene rings is 1. The molecule has 9 nitrogen and oxygen atoms in total. The Morgan fingerprint density at radius 1 is 0.718 bits per heavy atom. The molecule has 0 aromatic heterocycles. The number of ketones is 1. The van der Waals surface area contributed by atoms with Crippen LogP contribution in [0.2, 0.25) is 0 Å². The summed E-state index contributed by atoms with van der Waals surface area (Å²) in [6.07, 6.45) is 13.7. The lowest BCUT2D eigenvalue weighted by atomic mass is 9.72. The van der Waals surface area contributed by atoms with Gasteiger partial charge in [-0.05, 0) is 62.1 Å².